The minimum atomic E-state index is -2.39. The molecule has 0 aromatic carbocycles. The lowest BCUT2D eigenvalue weighted by atomic mass is 10.0. The van der Waals surface area contributed by atoms with Crippen molar-refractivity contribution in [2.24, 2.45) is 0 Å². The van der Waals surface area contributed by atoms with Gasteiger partial charge >= 0.3 is 17.7 Å². The Labute approximate surface area is 157 Å². The van der Waals surface area contributed by atoms with Gasteiger partial charge in [-0.2, -0.15) is 0 Å². The summed E-state index contributed by atoms with van der Waals surface area (Å²) in [5.74, 6) is -2.33. The number of hydrogen-bond acceptors (Lipinski definition) is 9. The highest BCUT2D eigenvalue weighted by atomic mass is 32.2. The number of carbonyl (C=O) groups is 3. The number of hydrogen-bond donors (Lipinski definition) is 2. The molecule has 1 atom stereocenters. The van der Waals surface area contributed by atoms with E-state index in [1.165, 1.54) is 0 Å². The SMILES string of the molecule is CC(C)(C)OC(=O)NC(CSCC(=O)N1CC([N+](=O)[O-])([N+](=O)[O-])C1)C(=O)O. The number of nitro groups is 2. The largest absolute Gasteiger partial charge is 0.492 e. The summed E-state index contributed by atoms with van der Waals surface area (Å²) in [7, 11) is 0. The molecule has 27 heavy (non-hydrogen) atoms. The van der Waals surface area contributed by atoms with Crippen LogP contribution in [0, 0.1) is 20.2 Å². The lowest BCUT2D eigenvalue weighted by Gasteiger charge is -2.36. The third-order valence-electron chi connectivity index (χ3n) is 3.42. The molecule has 0 spiro atoms. The molecule has 14 heteroatoms. The molecule has 1 fully saturated rings. The summed E-state index contributed by atoms with van der Waals surface area (Å²) >= 11 is 0.870. The van der Waals surface area contributed by atoms with Crippen LogP contribution in [0.4, 0.5) is 4.79 Å². The zero-order valence-corrected chi connectivity index (χ0v) is 15.7. The van der Waals surface area contributed by atoms with E-state index in [0.717, 1.165) is 16.7 Å². The van der Waals surface area contributed by atoms with Gasteiger partial charge in [0.25, 0.3) is 0 Å². The molecule has 1 rings (SSSR count). The molecular formula is C13H20N4O9S. The number of ether oxygens (including phenoxy) is 1. The van der Waals surface area contributed by atoms with Gasteiger partial charge in [0.2, 0.25) is 5.91 Å². The highest BCUT2D eigenvalue weighted by Crippen LogP contribution is 2.26. The van der Waals surface area contributed by atoms with E-state index >= 15 is 0 Å². The Hall–Kier alpha value is -2.64. The first-order valence-electron chi connectivity index (χ1n) is 7.65. The number of nitrogens with zero attached hydrogens (tertiary/aromatic N) is 3. The number of carboxylic acid groups (broad SMARTS) is 1. The number of carboxylic acids is 1. The fourth-order valence-electron chi connectivity index (χ4n) is 2.02. The number of likely N-dealkylation sites (tertiary alicyclic amines) is 1. The summed E-state index contributed by atoms with van der Waals surface area (Å²) in [5, 5.41) is 32.9. The van der Waals surface area contributed by atoms with E-state index in [9.17, 15) is 34.6 Å². The van der Waals surface area contributed by atoms with Gasteiger partial charge < -0.3 is 20.1 Å². The van der Waals surface area contributed by atoms with Crippen LogP contribution in [0.2, 0.25) is 0 Å². The van der Waals surface area contributed by atoms with E-state index in [1.807, 2.05) is 0 Å². The number of rotatable bonds is 8. The first kappa shape index (κ1) is 22.4. The van der Waals surface area contributed by atoms with Crippen molar-refractivity contribution in [3.8, 4) is 0 Å². The van der Waals surface area contributed by atoms with Crippen molar-refractivity contribution >= 4 is 29.7 Å². The predicted molar refractivity (Wildman–Crippen MR) is 91.4 cm³/mol. The van der Waals surface area contributed by atoms with Crippen molar-refractivity contribution in [1.82, 2.24) is 10.2 Å². The smallest absolute Gasteiger partial charge is 0.480 e. The average Bonchev–Trinajstić information content (AvgIpc) is 2.41. The fraction of sp³-hybridized carbons (Fsp3) is 0.769. The van der Waals surface area contributed by atoms with Crippen LogP contribution in [-0.2, 0) is 14.3 Å². The number of thioether (sulfide) groups is 1. The third-order valence-corrected chi connectivity index (χ3v) is 4.44. The molecule has 1 aliphatic heterocycles. The Morgan fingerprint density at radius 3 is 2.19 bits per heavy atom. The molecule has 2 N–H and O–H groups in total. The van der Waals surface area contributed by atoms with Crippen molar-refractivity contribution < 1.29 is 34.1 Å². The first-order chi connectivity index (χ1) is 12.3. The molecule has 0 aliphatic carbocycles. The number of alkyl carbamates (subject to hydrolysis) is 1. The van der Waals surface area contributed by atoms with E-state index in [4.69, 9.17) is 9.84 Å². The Bertz CT molecular complexity index is 626. The summed E-state index contributed by atoms with van der Waals surface area (Å²) in [6.07, 6.45) is -0.925. The third kappa shape index (κ3) is 5.94. The van der Waals surface area contributed by atoms with Crippen LogP contribution < -0.4 is 5.32 Å². The Kier molecular flexibility index (Phi) is 6.94. The molecule has 152 valence electrons. The second-order valence-electron chi connectivity index (χ2n) is 6.80. The molecule has 1 unspecified atom stereocenters. The summed E-state index contributed by atoms with van der Waals surface area (Å²) in [6, 6.07) is -1.31. The minimum absolute atomic E-state index is 0.163. The second-order valence-corrected chi connectivity index (χ2v) is 7.83. The molecule has 1 aliphatic rings. The van der Waals surface area contributed by atoms with Crippen LogP contribution in [0.3, 0.4) is 0 Å². The molecule has 0 saturated carbocycles. The predicted octanol–water partition coefficient (Wildman–Crippen LogP) is -0.211. The van der Waals surface area contributed by atoms with Crippen molar-refractivity contribution in [1.29, 1.82) is 0 Å². The van der Waals surface area contributed by atoms with Gasteiger partial charge in [-0.05, 0) is 20.8 Å². The number of carbonyl (C=O) groups excluding carboxylic acids is 2. The van der Waals surface area contributed by atoms with Crippen molar-refractivity contribution in [3.05, 3.63) is 20.2 Å². The molecule has 2 amide bonds. The van der Waals surface area contributed by atoms with Gasteiger partial charge in [-0.3, -0.25) is 25.0 Å². The molecule has 0 aromatic heterocycles. The van der Waals surface area contributed by atoms with E-state index in [0.29, 0.717) is 0 Å². The molecule has 0 bridgehead atoms. The monoisotopic (exact) mass is 408 g/mol. The summed E-state index contributed by atoms with van der Waals surface area (Å²) < 4.78 is 4.95. The molecule has 13 nitrogen and oxygen atoms in total. The summed E-state index contributed by atoms with van der Waals surface area (Å²) in [6.45, 7) is 3.53. The van der Waals surface area contributed by atoms with Crippen molar-refractivity contribution in [3.63, 3.8) is 0 Å². The maximum absolute atomic E-state index is 11.9. The standard InChI is InChI=1S/C13H20N4O9S/c1-12(2,3)26-11(21)14-8(10(19)20)4-27-5-9(18)15-6-13(7-15,16(22)23)17(24)25/h8H,4-7H2,1-3H3,(H,14,21)(H,19,20). The number of amides is 2. The average molecular weight is 408 g/mol. The molecule has 0 aromatic rings. The van der Waals surface area contributed by atoms with Gasteiger partial charge in [0, 0.05) is 5.75 Å². The van der Waals surface area contributed by atoms with Crippen LogP contribution in [0.25, 0.3) is 0 Å². The maximum atomic E-state index is 11.9. The maximum Gasteiger partial charge on any atom is 0.492 e. The Balaban J connectivity index is 2.47. The van der Waals surface area contributed by atoms with Crippen LogP contribution in [0.5, 0.6) is 0 Å². The van der Waals surface area contributed by atoms with E-state index < -0.39 is 58.2 Å². The zero-order valence-electron chi connectivity index (χ0n) is 14.9. The van der Waals surface area contributed by atoms with Gasteiger partial charge in [0.1, 0.15) is 21.5 Å². The summed E-state index contributed by atoms with van der Waals surface area (Å²) in [4.78, 5) is 55.2. The van der Waals surface area contributed by atoms with Gasteiger partial charge in [-0.25, -0.2) is 9.59 Å². The minimum Gasteiger partial charge on any atom is -0.480 e. The number of nitrogens with one attached hydrogen (secondary N) is 1. The first-order valence-corrected chi connectivity index (χ1v) is 8.81. The van der Waals surface area contributed by atoms with Gasteiger partial charge in [-0.1, -0.05) is 0 Å². The Morgan fingerprint density at radius 1 is 1.26 bits per heavy atom. The number of aliphatic carboxylic acids is 1. The lowest BCUT2D eigenvalue weighted by molar-refractivity contribution is -0.809. The topological polar surface area (TPSA) is 182 Å². The quantitative estimate of drug-likeness (QED) is 0.309. The molecule has 0 radical (unpaired) electrons. The zero-order chi connectivity index (χ0) is 21.0. The summed E-state index contributed by atoms with van der Waals surface area (Å²) in [5.41, 5.74) is -3.20. The lowest BCUT2D eigenvalue weighted by Crippen LogP contribution is -2.71. The van der Waals surface area contributed by atoms with Crippen LogP contribution in [0.1, 0.15) is 20.8 Å². The van der Waals surface area contributed by atoms with Crippen LogP contribution >= 0.6 is 11.8 Å². The van der Waals surface area contributed by atoms with Crippen molar-refractivity contribution in [2.45, 2.75) is 38.1 Å². The molecular weight excluding hydrogens is 388 g/mol. The van der Waals surface area contributed by atoms with E-state index in [1.54, 1.807) is 20.8 Å². The molecule has 1 saturated heterocycles. The normalized spacial score (nSPS) is 16.6. The van der Waals surface area contributed by atoms with Crippen LogP contribution in [0.15, 0.2) is 0 Å². The Morgan fingerprint density at radius 2 is 1.78 bits per heavy atom. The van der Waals surface area contributed by atoms with E-state index in [-0.39, 0.29) is 11.5 Å². The van der Waals surface area contributed by atoms with E-state index in [2.05, 4.69) is 5.32 Å². The van der Waals surface area contributed by atoms with Gasteiger partial charge in [0.15, 0.2) is 13.1 Å². The fourth-order valence-corrected chi connectivity index (χ4v) is 2.96. The highest BCUT2D eigenvalue weighted by Gasteiger charge is 2.67. The van der Waals surface area contributed by atoms with Crippen molar-refractivity contribution in [2.75, 3.05) is 24.6 Å². The highest BCUT2D eigenvalue weighted by molar-refractivity contribution is 8.00. The van der Waals surface area contributed by atoms with Crippen LogP contribution in [-0.4, -0.2) is 79.7 Å². The second kappa shape index (κ2) is 8.37. The van der Waals surface area contributed by atoms with Gasteiger partial charge in [-0.15, -0.1) is 11.8 Å². The molecule has 1 heterocycles. The van der Waals surface area contributed by atoms with Gasteiger partial charge in [0.05, 0.1) is 5.75 Å².